The van der Waals surface area contributed by atoms with Gasteiger partial charge in [0.05, 0.1) is 6.04 Å². The van der Waals surface area contributed by atoms with E-state index in [0.717, 1.165) is 32.7 Å². The molecule has 0 saturated carbocycles. The van der Waals surface area contributed by atoms with Crippen LogP contribution in [0.5, 0.6) is 0 Å². The average Bonchev–Trinajstić information content (AvgIpc) is 2.18. The molecule has 1 atom stereocenters. The molecule has 0 aromatic heterocycles. The smallest absolute Gasteiger partial charge is 0.151 e. The maximum atomic E-state index is 11.5. The summed E-state index contributed by atoms with van der Waals surface area (Å²) in [5, 5.41) is 0. The van der Waals surface area contributed by atoms with E-state index in [1.165, 1.54) is 0 Å². The number of carbonyl (C=O) groups excluding carboxylic acids is 1. The molecule has 3 heterocycles. The van der Waals surface area contributed by atoms with Crippen LogP contribution in [-0.2, 0) is 4.79 Å². The van der Waals surface area contributed by atoms with Crippen molar-refractivity contribution in [2.24, 2.45) is 0 Å². The van der Waals surface area contributed by atoms with Gasteiger partial charge in [-0.05, 0) is 0 Å². The van der Waals surface area contributed by atoms with Crippen LogP contribution in [0.2, 0.25) is 0 Å². The van der Waals surface area contributed by atoms with E-state index in [1.807, 2.05) is 6.92 Å². The lowest BCUT2D eigenvalue weighted by Crippen LogP contribution is -2.63. The third kappa shape index (κ3) is 1.27. The number of fused-ring (bicyclic) bond motifs is 3. The van der Waals surface area contributed by atoms with Crippen LogP contribution in [0.4, 0.5) is 0 Å². The van der Waals surface area contributed by atoms with Gasteiger partial charge in [0.25, 0.3) is 0 Å². The molecular formula is C9H16N2O. The third-order valence-corrected chi connectivity index (χ3v) is 3.00. The van der Waals surface area contributed by atoms with E-state index >= 15 is 0 Å². The number of piperazine rings is 3. The van der Waals surface area contributed by atoms with Gasteiger partial charge in [0, 0.05) is 39.1 Å². The number of hydrogen-bond donors (Lipinski definition) is 0. The van der Waals surface area contributed by atoms with Crippen molar-refractivity contribution in [3.8, 4) is 0 Å². The lowest BCUT2D eigenvalue weighted by atomic mass is 10.0. The van der Waals surface area contributed by atoms with E-state index in [9.17, 15) is 4.79 Å². The van der Waals surface area contributed by atoms with Crippen molar-refractivity contribution in [2.45, 2.75) is 19.4 Å². The zero-order chi connectivity index (χ0) is 8.55. The monoisotopic (exact) mass is 168 g/mol. The van der Waals surface area contributed by atoms with Crippen LogP contribution >= 0.6 is 0 Å². The van der Waals surface area contributed by atoms with Gasteiger partial charge in [0.2, 0.25) is 0 Å². The molecule has 2 bridgehead atoms. The topological polar surface area (TPSA) is 23.6 Å². The number of Topliss-reactive ketones (excluding diaryl/α,β-unsaturated/α-hetero) is 1. The summed E-state index contributed by atoms with van der Waals surface area (Å²) in [5.74, 6) is 0.416. The lowest BCUT2D eigenvalue weighted by Gasteiger charge is -2.46. The fraction of sp³-hybridized carbons (Fsp3) is 0.889. The Bertz CT molecular complexity index is 185. The van der Waals surface area contributed by atoms with Crippen LogP contribution in [0.25, 0.3) is 0 Å². The highest BCUT2D eigenvalue weighted by molar-refractivity contribution is 5.84. The Kier molecular flexibility index (Phi) is 2.15. The summed E-state index contributed by atoms with van der Waals surface area (Å²) in [5.41, 5.74) is 0. The van der Waals surface area contributed by atoms with E-state index in [-0.39, 0.29) is 6.04 Å². The predicted molar refractivity (Wildman–Crippen MR) is 47.1 cm³/mol. The standard InChI is InChI=1S/C9H16N2O/c1-2-9(12)8-7-10-3-5-11(8)6-4-10/h8H,2-7H2,1H3. The number of ketones is 1. The molecule has 0 aromatic carbocycles. The van der Waals surface area contributed by atoms with Crippen molar-refractivity contribution >= 4 is 5.78 Å². The molecule has 3 aliphatic rings. The number of nitrogens with zero attached hydrogens (tertiary/aromatic N) is 2. The normalized spacial score (nSPS) is 39.9. The zero-order valence-electron chi connectivity index (χ0n) is 7.62. The maximum Gasteiger partial charge on any atom is 0.151 e. The van der Waals surface area contributed by atoms with Gasteiger partial charge in [-0.15, -0.1) is 0 Å². The summed E-state index contributed by atoms with van der Waals surface area (Å²) in [6.07, 6.45) is 0.689. The highest BCUT2D eigenvalue weighted by Crippen LogP contribution is 2.16. The first-order valence-corrected chi connectivity index (χ1v) is 4.80. The highest BCUT2D eigenvalue weighted by atomic mass is 16.1. The van der Waals surface area contributed by atoms with Gasteiger partial charge in [0.1, 0.15) is 0 Å². The van der Waals surface area contributed by atoms with E-state index in [0.29, 0.717) is 12.2 Å². The van der Waals surface area contributed by atoms with E-state index in [2.05, 4.69) is 9.80 Å². The van der Waals surface area contributed by atoms with E-state index < -0.39 is 0 Å². The van der Waals surface area contributed by atoms with Gasteiger partial charge >= 0.3 is 0 Å². The molecule has 3 aliphatic heterocycles. The first kappa shape index (κ1) is 8.20. The Morgan fingerprint density at radius 1 is 1.33 bits per heavy atom. The summed E-state index contributed by atoms with van der Waals surface area (Å²) >= 11 is 0. The molecular weight excluding hydrogens is 152 g/mol. The number of carbonyl (C=O) groups is 1. The SMILES string of the molecule is CCC(=O)C1CN2CCN1CC2. The lowest BCUT2D eigenvalue weighted by molar-refractivity contribution is -0.129. The van der Waals surface area contributed by atoms with Gasteiger partial charge in [-0.1, -0.05) is 6.92 Å². The second kappa shape index (κ2) is 3.15. The second-order valence-electron chi connectivity index (χ2n) is 3.67. The molecule has 3 nitrogen and oxygen atoms in total. The van der Waals surface area contributed by atoms with Crippen molar-refractivity contribution in [2.75, 3.05) is 32.7 Å². The molecule has 0 spiro atoms. The fourth-order valence-electron chi connectivity index (χ4n) is 2.16. The van der Waals surface area contributed by atoms with Gasteiger partial charge < -0.3 is 0 Å². The minimum Gasteiger partial charge on any atom is -0.299 e. The molecule has 3 rings (SSSR count). The quantitative estimate of drug-likeness (QED) is 0.578. The Balaban J connectivity index is 2.03. The fourth-order valence-corrected chi connectivity index (χ4v) is 2.16. The van der Waals surface area contributed by atoms with E-state index in [4.69, 9.17) is 0 Å². The average molecular weight is 168 g/mol. The van der Waals surface area contributed by atoms with Crippen LogP contribution in [0.3, 0.4) is 0 Å². The van der Waals surface area contributed by atoms with Crippen LogP contribution in [0, 0.1) is 0 Å². The van der Waals surface area contributed by atoms with Crippen molar-refractivity contribution < 1.29 is 4.79 Å². The summed E-state index contributed by atoms with van der Waals surface area (Å²) < 4.78 is 0. The molecule has 0 radical (unpaired) electrons. The molecule has 3 fully saturated rings. The Labute approximate surface area is 73.3 Å². The van der Waals surface area contributed by atoms with E-state index in [1.54, 1.807) is 0 Å². The predicted octanol–water partition coefficient (Wildman–Crippen LogP) is -0.0347. The number of hydrogen-bond acceptors (Lipinski definition) is 3. The van der Waals surface area contributed by atoms with Crippen LogP contribution in [-0.4, -0.2) is 54.3 Å². The van der Waals surface area contributed by atoms with Crippen molar-refractivity contribution in [3.05, 3.63) is 0 Å². The molecule has 0 aliphatic carbocycles. The summed E-state index contributed by atoms with van der Waals surface area (Å²) in [4.78, 5) is 16.2. The molecule has 0 aromatic rings. The summed E-state index contributed by atoms with van der Waals surface area (Å²) in [6, 6.07) is 0.220. The van der Waals surface area contributed by atoms with Gasteiger partial charge in [-0.2, -0.15) is 0 Å². The van der Waals surface area contributed by atoms with Gasteiger partial charge in [0.15, 0.2) is 5.78 Å². The summed E-state index contributed by atoms with van der Waals surface area (Å²) in [7, 11) is 0. The largest absolute Gasteiger partial charge is 0.299 e. The molecule has 0 amide bonds. The van der Waals surface area contributed by atoms with Crippen LogP contribution in [0.1, 0.15) is 13.3 Å². The Morgan fingerprint density at radius 3 is 2.42 bits per heavy atom. The van der Waals surface area contributed by atoms with Crippen molar-refractivity contribution in [3.63, 3.8) is 0 Å². The highest BCUT2D eigenvalue weighted by Gasteiger charge is 2.34. The molecule has 1 unspecified atom stereocenters. The van der Waals surface area contributed by atoms with Crippen LogP contribution in [0.15, 0.2) is 0 Å². The first-order valence-electron chi connectivity index (χ1n) is 4.80. The van der Waals surface area contributed by atoms with Gasteiger partial charge in [-0.25, -0.2) is 0 Å². The minimum absolute atomic E-state index is 0.220. The van der Waals surface area contributed by atoms with Gasteiger partial charge in [-0.3, -0.25) is 14.6 Å². The Morgan fingerprint density at radius 2 is 2.00 bits per heavy atom. The molecule has 0 N–H and O–H groups in total. The molecule has 3 saturated heterocycles. The second-order valence-corrected chi connectivity index (χ2v) is 3.67. The zero-order valence-corrected chi connectivity index (χ0v) is 7.62. The van der Waals surface area contributed by atoms with Crippen molar-refractivity contribution in [1.29, 1.82) is 0 Å². The Hall–Kier alpha value is -0.410. The third-order valence-electron chi connectivity index (χ3n) is 3.00. The summed E-state index contributed by atoms with van der Waals surface area (Å²) in [6.45, 7) is 7.45. The number of rotatable bonds is 2. The maximum absolute atomic E-state index is 11.5. The molecule has 3 heteroatoms. The first-order chi connectivity index (χ1) is 5.81. The van der Waals surface area contributed by atoms with Crippen molar-refractivity contribution in [1.82, 2.24) is 9.80 Å². The minimum atomic E-state index is 0.220. The molecule has 68 valence electrons. The molecule has 12 heavy (non-hydrogen) atoms. The van der Waals surface area contributed by atoms with Crippen LogP contribution < -0.4 is 0 Å².